The fourth-order valence-corrected chi connectivity index (χ4v) is 5.67. The van der Waals surface area contributed by atoms with Crippen molar-refractivity contribution in [3.63, 3.8) is 0 Å². The summed E-state index contributed by atoms with van der Waals surface area (Å²) in [5, 5.41) is 1.12. The van der Waals surface area contributed by atoms with Crippen molar-refractivity contribution < 1.29 is 9.13 Å². The quantitative estimate of drug-likeness (QED) is 0.854. The summed E-state index contributed by atoms with van der Waals surface area (Å²) in [6.07, 6.45) is 5.20. The Morgan fingerprint density at radius 3 is 2.91 bits per heavy atom. The van der Waals surface area contributed by atoms with Gasteiger partial charge in [0.2, 0.25) is 0 Å². The third-order valence-corrected chi connectivity index (χ3v) is 6.83. The first-order chi connectivity index (χ1) is 11.2. The maximum atomic E-state index is 13.4. The minimum Gasteiger partial charge on any atom is -0.381 e. The van der Waals surface area contributed by atoms with Gasteiger partial charge in [-0.05, 0) is 49.8 Å². The second-order valence-electron chi connectivity index (χ2n) is 7.38. The Bertz CT molecular complexity index is 736. The van der Waals surface area contributed by atoms with E-state index in [1.807, 2.05) is 0 Å². The van der Waals surface area contributed by atoms with Crippen LogP contribution in [0.15, 0.2) is 18.2 Å². The van der Waals surface area contributed by atoms with E-state index in [0.29, 0.717) is 5.41 Å². The number of ether oxygens (including phenoxy) is 1. The minimum absolute atomic E-state index is 0.173. The highest BCUT2D eigenvalue weighted by Crippen LogP contribution is 2.55. The molecule has 1 aromatic heterocycles. The van der Waals surface area contributed by atoms with Crippen LogP contribution in [-0.2, 0) is 11.3 Å². The van der Waals surface area contributed by atoms with E-state index < -0.39 is 0 Å². The number of nitrogens with zero attached hydrogens (tertiary/aromatic N) is 2. The number of likely N-dealkylation sites (tertiary alicyclic amines) is 1. The van der Waals surface area contributed by atoms with Crippen molar-refractivity contribution in [2.24, 2.45) is 11.3 Å². The van der Waals surface area contributed by atoms with Crippen LogP contribution in [-0.4, -0.2) is 35.7 Å². The Balaban J connectivity index is 1.37. The van der Waals surface area contributed by atoms with Crippen molar-refractivity contribution in [1.29, 1.82) is 0 Å². The lowest BCUT2D eigenvalue weighted by Gasteiger charge is -2.59. The van der Waals surface area contributed by atoms with E-state index in [9.17, 15) is 4.39 Å². The highest BCUT2D eigenvalue weighted by molar-refractivity contribution is 7.18. The van der Waals surface area contributed by atoms with E-state index in [2.05, 4.69) is 4.90 Å². The van der Waals surface area contributed by atoms with Gasteiger partial charge in [-0.25, -0.2) is 9.37 Å². The average Bonchev–Trinajstić information content (AvgIpc) is 3.26. The Hall–Kier alpha value is -1.04. The number of fused-ring (bicyclic) bond motifs is 1. The van der Waals surface area contributed by atoms with Crippen LogP contribution in [0.5, 0.6) is 0 Å². The van der Waals surface area contributed by atoms with Crippen molar-refractivity contribution in [1.82, 2.24) is 9.88 Å². The SMILES string of the molecule is Fc1ccc2nc(CN3CC4(CCOCC4)C3C3CC3)sc2c1. The molecule has 3 aliphatic rings. The van der Waals surface area contributed by atoms with Crippen LogP contribution in [0.3, 0.4) is 0 Å². The highest BCUT2D eigenvalue weighted by Gasteiger charge is 2.57. The van der Waals surface area contributed by atoms with E-state index >= 15 is 0 Å². The van der Waals surface area contributed by atoms with E-state index in [1.165, 1.54) is 38.3 Å². The van der Waals surface area contributed by atoms with Gasteiger partial charge in [0.25, 0.3) is 0 Å². The molecule has 3 heterocycles. The Morgan fingerprint density at radius 1 is 1.30 bits per heavy atom. The maximum Gasteiger partial charge on any atom is 0.124 e. The first kappa shape index (κ1) is 14.3. The van der Waals surface area contributed by atoms with Crippen LogP contribution < -0.4 is 0 Å². The van der Waals surface area contributed by atoms with Gasteiger partial charge >= 0.3 is 0 Å². The number of aromatic nitrogens is 1. The van der Waals surface area contributed by atoms with Crippen LogP contribution >= 0.6 is 11.3 Å². The molecule has 3 fully saturated rings. The van der Waals surface area contributed by atoms with Crippen molar-refractivity contribution in [2.75, 3.05) is 19.8 Å². The molecule has 5 heteroatoms. The molecule has 1 saturated carbocycles. The van der Waals surface area contributed by atoms with Gasteiger partial charge in [0.05, 0.1) is 16.8 Å². The predicted molar refractivity (Wildman–Crippen MR) is 89.0 cm³/mol. The normalized spacial score (nSPS) is 27.4. The molecule has 0 amide bonds. The fraction of sp³-hybridized carbons (Fsp3) is 0.611. The van der Waals surface area contributed by atoms with Crippen molar-refractivity contribution in [2.45, 2.75) is 38.3 Å². The topological polar surface area (TPSA) is 25.4 Å². The van der Waals surface area contributed by atoms with E-state index in [4.69, 9.17) is 9.72 Å². The molecule has 1 aromatic carbocycles. The highest BCUT2D eigenvalue weighted by atomic mass is 32.1. The molecule has 1 spiro atoms. The molecule has 1 unspecified atom stereocenters. The third-order valence-electron chi connectivity index (χ3n) is 5.83. The van der Waals surface area contributed by atoms with Gasteiger partial charge in [-0.2, -0.15) is 0 Å². The van der Waals surface area contributed by atoms with Gasteiger partial charge in [0, 0.05) is 31.2 Å². The molecular weight excluding hydrogens is 311 g/mol. The predicted octanol–water partition coefficient (Wildman–Crippen LogP) is 3.83. The number of hydrogen-bond donors (Lipinski definition) is 0. The summed E-state index contributed by atoms with van der Waals surface area (Å²) in [6, 6.07) is 5.61. The molecular formula is C18H21FN2OS. The van der Waals surface area contributed by atoms with E-state index in [-0.39, 0.29) is 5.82 Å². The summed E-state index contributed by atoms with van der Waals surface area (Å²) in [7, 11) is 0. The summed E-state index contributed by atoms with van der Waals surface area (Å²) in [5.41, 5.74) is 1.43. The van der Waals surface area contributed by atoms with Gasteiger partial charge in [0.15, 0.2) is 0 Å². The molecule has 122 valence electrons. The van der Waals surface area contributed by atoms with Crippen molar-refractivity contribution >= 4 is 21.6 Å². The zero-order valence-electron chi connectivity index (χ0n) is 13.1. The van der Waals surface area contributed by atoms with Crippen LogP contribution in [0.1, 0.15) is 30.7 Å². The minimum atomic E-state index is -0.173. The molecule has 2 aliphatic heterocycles. The number of thiazole rings is 1. The van der Waals surface area contributed by atoms with Gasteiger partial charge in [-0.1, -0.05) is 0 Å². The molecule has 3 nitrogen and oxygen atoms in total. The first-order valence-corrected chi connectivity index (χ1v) is 9.42. The van der Waals surface area contributed by atoms with Gasteiger partial charge in [-0.15, -0.1) is 11.3 Å². The number of halogens is 1. The van der Waals surface area contributed by atoms with Crippen LogP contribution in [0.25, 0.3) is 10.2 Å². The van der Waals surface area contributed by atoms with Gasteiger partial charge < -0.3 is 4.74 Å². The van der Waals surface area contributed by atoms with Crippen molar-refractivity contribution in [3.8, 4) is 0 Å². The number of hydrogen-bond acceptors (Lipinski definition) is 4. The zero-order valence-corrected chi connectivity index (χ0v) is 13.9. The lowest BCUT2D eigenvalue weighted by atomic mass is 9.64. The average molecular weight is 332 g/mol. The van der Waals surface area contributed by atoms with Gasteiger partial charge in [-0.3, -0.25) is 4.90 Å². The smallest absolute Gasteiger partial charge is 0.124 e. The molecule has 1 atom stereocenters. The molecule has 2 saturated heterocycles. The standard InChI is InChI=1S/C18H21FN2OS/c19-13-3-4-14-15(9-13)23-16(20-14)10-21-11-18(5-7-22-8-6-18)17(21)12-1-2-12/h3-4,9,12,17H,1-2,5-8,10-11H2. The molecule has 0 bridgehead atoms. The summed E-state index contributed by atoms with van der Waals surface area (Å²) in [6.45, 7) is 3.96. The number of rotatable bonds is 3. The molecule has 1 aliphatic carbocycles. The third kappa shape index (κ3) is 2.41. The van der Waals surface area contributed by atoms with Crippen LogP contribution in [0.2, 0.25) is 0 Å². The van der Waals surface area contributed by atoms with E-state index in [1.54, 1.807) is 23.5 Å². The maximum absolute atomic E-state index is 13.4. The number of benzene rings is 1. The lowest BCUT2D eigenvalue weighted by Crippen LogP contribution is -2.66. The summed E-state index contributed by atoms with van der Waals surface area (Å²) in [5.74, 6) is 0.710. The second-order valence-corrected chi connectivity index (χ2v) is 8.50. The van der Waals surface area contributed by atoms with Crippen LogP contribution in [0.4, 0.5) is 4.39 Å². The molecule has 2 aromatic rings. The second kappa shape index (κ2) is 5.23. The molecule has 0 radical (unpaired) electrons. The lowest BCUT2D eigenvalue weighted by molar-refractivity contribution is -0.144. The summed E-state index contributed by atoms with van der Waals surface area (Å²) >= 11 is 1.64. The molecule has 0 N–H and O–H groups in total. The Morgan fingerprint density at radius 2 is 2.13 bits per heavy atom. The first-order valence-electron chi connectivity index (χ1n) is 8.60. The van der Waals surface area contributed by atoms with Crippen molar-refractivity contribution in [3.05, 3.63) is 29.0 Å². The monoisotopic (exact) mass is 332 g/mol. The Labute approximate surface area is 139 Å². The largest absolute Gasteiger partial charge is 0.381 e. The summed E-state index contributed by atoms with van der Waals surface area (Å²) in [4.78, 5) is 7.33. The van der Waals surface area contributed by atoms with Gasteiger partial charge in [0.1, 0.15) is 10.8 Å². The fourth-order valence-electron chi connectivity index (χ4n) is 4.65. The van der Waals surface area contributed by atoms with Crippen LogP contribution in [0, 0.1) is 17.2 Å². The van der Waals surface area contributed by atoms with E-state index in [0.717, 1.165) is 46.9 Å². The molecule has 23 heavy (non-hydrogen) atoms. The summed E-state index contributed by atoms with van der Waals surface area (Å²) < 4.78 is 19.9. The zero-order chi connectivity index (χ0) is 15.4. The molecule has 5 rings (SSSR count). The Kier molecular flexibility index (Phi) is 3.25.